The molecule has 8 nitrogen and oxygen atoms in total. The van der Waals surface area contributed by atoms with Crippen LogP contribution >= 0.6 is 0 Å². The van der Waals surface area contributed by atoms with Crippen molar-refractivity contribution >= 4 is 23.9 Å². The lowest BCUT2D eigenvalue weighted by Gasteiger charge is -2.18. The molecule has 4 aromatic rings. The van der Waals surface area contributed by atoms with Gasteiger partial charge in [-0.1, -0.05) is 24.3 Å². The predicted octanol–water partition coefficient (Wildman–Crippen LogP) is 4.19. The number of rotatable bonds is 6. The summed E-state index contributed by atoms with van der Waals surface area (Å²) in [6, 6.07) is 19.8. The number of carboxylic acid groups (broad SMARTS) is 1. The minimum atomic E-state index is -1.04. The van der Waals surface area contributed by atoms with E-state index in [9.17, 15) is 14.4 Å². The number of anilines is 1. The average Bonchev–Trinajstić information content (AvgIpc) is 3.33. The molecule has 1 heterocycles. The van der Waals surface area contributed by atoms with Gasteiger partial charge in [0.05, 0.1) is 11.1 Å². The molecule has 1 N–H and O–H groups in total. The topological polar surface area (TPSA) is 114 Å². The van der Waals surface area contributed by atoms with E-state index in [0.717, 1.165) is 0 Å². The number of hydrogen-bond acceptors (Lipinski definition) is 6. The van der Waals surface area contributed by atoms with E-state index in [-0.39, 0.29) is 23.3 Å². The number of aromatic carboxylic acids is 1. The maximum atomic E-state index is 12.8. The van der Waals surface area contributed by atoms with Gasteiger partial charge in [-0.3, -0.25) is 9.59 Å². The summed E-state index contributed by atoms with van der Waals surface area (Å²) < 4.78 is 5.70. The van der Waals surface area contributed by atoms with Crippen molar-refractivity contribution in [3.63, 3.8) is 0 Å². The Labute approximate surface area is 182 Å². The Kier molecular flexibility index (Phi) is 5.59. The van der Waals surface area contributed by atoms with Crippen LogP contribution in [0.2, 0.25) is 0 Å². The second-order valence-electron chi connectivity index (χ2n) is 6.91. The van der Waals surface area contributed by atoms with Crippen molar-refractivity contribution in [3.05, 3.63) is 89.5 Å². The molecule has 0 spiro atoms. The Morgan fingerprint density at radius 2 is 1.59 bits per heavy atom. The number of hydrogen-bond donors (Lipinski definition) is 1. The molecule has 0 saturated carbocycles. The lowest BCUT2D eigenvalue weighted by atomic mass is 10.1. The summed E-state index contributed by atoms with van der Waals surface area (Å²) in [6.45, 7) is 0. The zero-order valence-electron chi connectivity index (χ0n) is 16.9. The van der Waals surface area contributed by atoms with Crippen LogP contribution in [0.5, 0.6) is 0 Å². The first-order chi connectivity index (χ1) is 15.5. The van der Waals surface area contributed by atoms with Crippen LogP contribution in [0.15, 0.2) is 77.2 Å². The van der Waals surface area contributed by atoms with Crippen molar-refractivity contribution in [2.24, 2.45) is 0 Å². The van der Waals surface area contributed by atoms with E-state index in [4.69, 9.17) is 9.52 Å². The molecule has 32 heavy (non-hydrogen) atoms. The third kappa shape index (κ3) is 4.01. The average molecular weight is 427 g/mol. The number of aldehydes is 1. The predicted molar refractivity (Wildman–Crippen MR) is 117 cm³/mol. The van der Waals surface area contributed by atoms with Gasteiger partial charge in [-0.2, -0.15) is 0 Å². The highest BCUT2D eigenvalue weighted by Crippen LogP contribution is 2.26. The zero-order chi connectivity index (χ0) is 22.7. The van der Waals surface area contributed by atoms with Gasteiger partial charge in [0.15, 0.2) is 6.29 Å². The maximum absolute atomic E-state index is 12.8. The summed E-state index contributed by atoms with van der Waals surface area (Å²) in [5.74, 6) is -0.895. The largest absolute Gasteiger partial charge is 0.478 e. The van der Waals surface area contributed by atoms with Crippen LogP contribution in [-0.4, -0.2) is 40.5 Å². The molecular weight excluding hydrogens is 410 g/mol. The van der Waals surface area contributed by atoms with Crippen molar-refractivity contribution in [1.82, 2.24) is 10.2 Å². The molecule has 0 aliphatic heterocycles. The normalized spacial score (nSPS) is 10.5. The Bertz CT molecular complexity index is 1310. The van der Waals surface area contributed by atoms with Crippen LogP contribution in [0.1, 0.15) is 31.1 Å². The molecule has 0 unspecified atom stereocenters. The first-order valence-electron chi connectivity index (χ1n) is 9.58. The van der Waals surface area contributed by atoms with Crippen molar-refractivity contribution in [2.45, 2.75) is 0 Å². The van der Waals surface area contributed by atoms with Gasteiger partial charge in [0, 0.05) is 29.4 Å². The van der Waals surface area contributed by atoms with Crippen molar-refractivity contribution in [3.8, 4) is 22.9 Å². The Morgan fingerprint density at radius 3 is 2.28 bits per heavy atom. The van der Waals surface area contributed by atoms with Gasteiger partial charge in [-0.15, -0.1) is 10.2 Å². The van der Waals surface area contributed by atoms with Gasteiger partial charge in [0.2, 0.25) is 11.8 Å². The summed E-state index contributed by atoms with van der Waals surface area (Å²) >= 11 is 0. The monoisotopic (exact) mass is 427 g/mol. The highest BCUT2D eigenvalue weighted by molar-refractivity contribution is 6.09. The van der Waals surface area contributed by atoms with E-state index in [2.05, 4.69) is 10.2 Å². The van der Waals surface area contributed by atoms with E-state index < -0.39 is 5.97 Å². The van der Waals surface area contributed by atoms with Gasteiger partial charge in [0.25, 0.3) is 5.91 Å². The Morgan fingerprint density at radius 1 is 0.906 bits per heavy atom. The molecule has 0 radical (unpaired) electrons. The van der Waals surface area contributed by atoms with Crippen molar-refractivity contribution < 1.29 is 23.9 Å². The van der Waals surface area contributed by atoms with E-state index in [1.54, 1.807) is 67.7 Å². The number of nitrogens with zero attached hydrogens (tertiary/aromatic N) is 3. The summed E-state index contributed by atoms with van der Waals surface area (Å²) in [7, 11) is 1.62. The van der Waals surface area contributed by atoms with Crippen LogP contribution in [0, 0.1) is 0 Å². The standard InChI is InChI=1S/C24H17N3O5/c1-27(23(29)20-8-3-2-5-18(20)14-28)19-11-9-15(10-12-19)21-25-26-22(32-21)16-6-4-7-17(13-16)24(30)31/h2-14H,1H3,(H,30,31). The van der Waals surface area contributed by atoms with Gasteiger partial charge >= 0.3 is 5.97 Å². The van der Waals surface area contributed by atoms with E-state index in [1.807, 2.05) is 0 Å². The first-order valence-corrected chi connectivity index (χ1v) is 9.58. The van der Waals surface area contributed by atoms with E-state index in [1.165, 1.54) is 17.0 Å². The second kappa shape index (κ2) is 8.65. The number of benzene rings is 3. The lowest BCUT2D eigenvalue weighted by molar-refractivity contribution is 0.0696. The third-order valence-electron chi connectivity index (χ3n) is 4.91. The summed E-state index contributed by atoms with van der Waals surface area (Å²) in [4.78, 5) is 36.6. The summed E-state index contributed by atoms with van der Waals surface area (Å²) in [6.07, 6.45) is 0.656. The molecule has 1 aromatic heterocycles. The molecule has 0 atom stereocenters. The molecule has 158 valence electrons. The molecule has 4 rings (SSSR count). The van der Waals surface area contributed by atoms with E-state index in [0.29, 0.717) is 34.2 Å². The molecular formula is C24H17N3O5. The minimum Gasteiger partial charge on any atom is -0.478 e. The van der Waals surface area contributed by atoms with Crippen LogP contribution < -0.4 is 4.90 Å². The molecule has 8 heteroatoms. The van der Waals surface area contributed by atoms with Crippen molar-refractivity contribution in [1.29, 1.82) is 0 Å². The van der Waals surface area contributed by atoms with Gasteiger partial charge in [-0.05, 0) is 48.5 Å². The zero-order valence-corrected chi connectivity index (χ0v) is 16.9. The van der Waals surface area contributed by atoms with Crippen LogP contribution in [-0.2, 0) is 0 Å². The Balaban J connectivity index is 1.56. The van der Waals surface area contributed by atoms with Gasteiger partial charge < -0.3 is 14.4 Å². The molecule has 0 fully saturated rings. The molecule has 0 bridgehead atoms. The van der Waals surface area contributed by atoms with Crippen molar-refractivity contribution in [2.75, 3.05) is 11.9 Å². The number of aromatic nitrogens is 2. The minimum absolute atomic E-state index is 0.121. The Hall–Kier alpha value is -4.59. The molecule has 1 amide bonds. The molecule has 0 saturated heterocycles. The van der Waals surface area contributed by atoms with E-state index >= 15 is 0 Å². The van der Waals surface area contributed by atoms with Gasteiger partial charge in [-0.25, -0.2) is 4.79 Å². The number of carbonyl (C=O) groups is 3. The highest BCUT2D eigenvalue weighted by Gasteiger charge is 2.17. The first kappa shape index (κ1) is 20.7. The fourth-order valence-corrected chi connectivity index (χ4v) is 3.16. The maximum Gasteiger partial charge on any atom is 0.335 e. The fraction of sp³-hybridized carbons (Fsp3) is 0.0417. The van der Waals surface area contributed by atoms with Crippen LogP contribution in [0.3, 0.4) is 0 Å². The van der Waals surface area contributed by atoms with Crippen LogP contribution in [0.4, 0.5) is 5.69 Å². The number of amides is 1. The smallest absolute Gasteiger partial charge is 0.335 e. The SMILES string of the molecule is CN(C(=O)c1ccccc1C=O)c1ccc(-c2nnc(-c3cccc(C(=O)O)c3)o2)cc1. The van der Waals surface area contributed by atoms with Crippen LogP contribution in [0.25, 0.3) is 22.9 Å². The summed E-state index contributed by atoms with van der Waals surface area (Å²) in [5, 5.41) is 17.2. The fourth-order valence-electron chi connectivity index (χ4n) is 3.16. The quantitative estimate of drug-likeness (QED) is 0.459. The highest BCUT2D eigenvalue weighted by atomic mass is 16.4. The summed E-state index contributed by atoms with van der Waals surface area (Å²) in [5.41, 5.74) is 2.52. The molecule has 0 aliphatic rings. The van der Waals surface area contributed by atoms with Gasteiger partial charge in [0.1, 0.15) is 0 Å². The second-order valence-corrected chi connectivity index (χ2v) is 6.91. The number of carboxylic acids is 1. The molecule has 3 aromatic carbocycles. The third-order valence-corrected chi connectivity index (χ3v) is 4.91. The molecule has 0 aliphatic carbocycles. The lowest BCUT2D eigenvalue weighted by Crippen LogP contribution is -2.27. The number of carbonyl (C=O) groups excluding carboxylic acids is 2.